The van der Waals surface area contributed by atoms with Gasteiger partial charge >= 0.3 is 0 Å². The molecule has 178 valence electrons. The molecule has 0 unspecified atom stereocenters. The van der Waals surface area contributed by atoms with Crippen molar-refractivity contribution in [2.24, 2.45) is 0 Å². The molecule has 1 aliphatic carbocycles. The predicted octanol–water partition coefficient (Wildman–Crippen LogP) is 9.35. The number of para-hydroxylation sites is 3. The lowest BCUT2D eigenvalue weighted by molar-refractivity contribution is 0.666. The maximum Gasteiger partial charge on any atom is 0.0585 e. The van der Waals surface area contributed by atoms with E-state index in [2.05, 4.69) is 133 Å². The molecule has 0 saturated carbocycles. The van der Waals surface area contributed by atoms with Crippen LogP contribution >= 0.6 is 0 Å². The quantitative estimate of drug-likeness (QED) is 0.268. The highest BCUT2D eigenvalue weighted by Gasteiger charge is 2.40. The fourth-order valence-corrected chi connectivity index (χ4v) is 6.01. The molecule has 6 aromatic rings. The first-order chi connectivity index (χ1) is 18.1. The van der Waals surface area contributed by atoms with Gasteiger partial charge in [0.05, 0.1) is 11.2 Å². The Labute approximate surface area is 217 Å². The van der Waals surface area contributed by atoms with Crippen LogP contribution in [-0.4, -0.2) is 4.57 Å². The molecule has 2 nitrogen and oxygen atoms in total. The van der Waals surface area contributed by atoms with E-state index in [1.165, 1.54) is 50.1 Å². The van der Waals surface area contributed by atoms with Gasteiger partial charge in [0.25, 0.3) is 0 Å². The van der Waals surface area contributed by atoms with E-state index in [9.17, 15) is 0 Å². The SMILES string of the molecule is CC1(C)c2ccc(-c3ccc(Nc4ccccc4)cc3)cc2-c2c1c1ccccc1n2-c1ccccc1. The summed E-state index contributed by atoms with van der Waals surface area (Å²) in [5, 5.41) is 4.82. The second kappa shape index (κ2) is 8.25. The number of rotatable bonds is 4. The Morgan fingerprint density at radius 3 is 1.97 bits per heavy atom. The van der Waals surface area contributed by atoms with E-state index in [0.29, 0.717) is 0 Å². The topological polar surface area (TPSA) is 17.0 Å². The lowest BCUT2D eigenvalue weighted by Gasteiger charge is -2.21. The number of nitrogens with one attached hydrogen (secondary N) is 1. The predicted molar refractivity (Wildman–Crippen MR) is 156 cm³/mol. The fourth-order valence-electron chi connectivity index (χ4n) is 6.01. The van der Waals surface area contributed by atoms with Crippen molar-refractivity contribution in [2.75, 3.05) is 5.32 Å². The summed E-state index contributed by atoms with van der Waals surface area (Å²) >= 11 is 0. The normalized spacial score (nSPS) is 13.4. The van der Waals surface area contributed by atoms with Crippen LogP contribution in [0.25, 0.3) is 39.0 Å². The summed E-state index contributed by atoms with van der Waals surface area (Å²) in [5.41, 5.74) is 12.5. The van der Waals surface area contributed by atoms with Crippen molar-refractivity contribution in [2.45, 2.75) is 19.3 Å². The van der Waals surface area contributed by atoms with E-state index in [4.69, 9.17) is 0 Å². The zero-order valence-corrected chi connectivity index (χ0v) is 21.1. The Hall–Kier alpha value is -4.56. The van der Waals surface area contributed by atoms with E-state index >= 15 is 0 Å². The van der Waals surface area contributed by atoms with Gasteiger partial charge in [-0.25, -0.2) is 0 Å². The molecule has 1 heterocycles. The highest BCUT2D eigenvalue weighted by molar-refractivity contribution is 6.00. The number of fused-ring (bicyclic) bond motifs is 5. The van der Waals surface area contributed by atoms with Crippen molar-refractivity contribution in [1.82, 2.24) is 4.57 Å². The van der Waals surface area contributed by atoms with Crippen molar-refractivity contribution >= 4 is 22.3 Å². The van der Waals surface area contributed by atoms with Crippen molar-refractivity contribution in [3.63, 3.8) is 0 Å². The Kier molecular flexibility index (Phi) is 4.84. The molecule has 0 amide bonds. The third-order valence-electron chi connectivity index (χ3n) is 7.74. The smallest absolute Gasteiger partial charge is 0.0585 e. The monoisotopic (exact) mass is 476 g/mol. The molecular formula is C35H28N2. The summed E-state index contributed by atoms with van der Waals surface area (Å²) < 4.78 is 2.45. The molecule has 0 radical (unpaired) electrons. The van der Waals surface area contributed by atoms with E-state index in [1.807, 2.05) is 18.2 Å². The number of anilines is 2. The standard InChI is InChI=1S/C35H28N2/c1-35(2)31-22-19-25(24-17-20-27(21-18-24)36-26-11-5-3-6-12-26)23-30(31)34-33(35)29-15-9-10-16-32(29)37(34)28-13-7-4-8-14-28/h3-23,36H,1-2H3. The van der Waals surface area contributed by atoms with Crippen LogP contribution in [0.15, 0.2) is 127 Å². The van der Waals surface area contributed by atoms with Gasteiger partial charge in [-0.1, -0.05) is 92.7 Å². The minimum atomic E-state index is -0.0771. The zero-order chi connectivity index (χ0) is 25.0. The maximum absolute atomic E-state index is 3.49. The first-order valence-electron chi connectivity index (χ1n) is 12.9. The van der Waals surface area contributed by atoms with Crippen LogP contribution in [0.4, 0.5) is 11.4 Å². The lowest BCUT2D eigenvalue weighted by atomic mass is 9.81. The van der Waals surface area contributed by atoms with Gasteiger partial charge in [0.1, 0.15) is 0 Å². The summed E-state index contributed by atoms with van der Waals surface area (Å²) in [5.74, 6) is 0. The van der Waals surface area contributed by atoms with Crippen LogP contribution in [-0.2, 0) is 5.41 Å². The number of aromatic nitrogens is 1. The molecule has 7 rings (SSSR count). The van der Waals surface area contributed by atoms with E-state index in [1.54, 1.807) is 0 Å². The fraction of sp³-hybridized carbons (Fsp3) is 0.0857. The van der Waals surface area contributed by atoms with Crippen LogP contribution < -0.4 is 5.32 Å². The first-order valence-corrected chi connectivity index (χ1v) is 12.9. The van der Waals surface area contributed by atoms with Gasteiger partial charge in [0.2, 0.25) is 0 Å². The van der Waals surface area contributed by atoms with Gasteiger partial charge in [-0.05, 0) is 70.8 Å². The molecule has 0 atom stereocenters. The maximum atomic E-state index is 3.49. The van der Waals surface area contributed by atoms with Crippen LogP contribution in [0, 0.1) is 0 Å². The summed E-state index contributed by atoms with van der Waals surface area (Å²) in [6.45, 7) is 4.73. The third-order valence-corrected chi connectivity index (χ3v) is 7.74. The van der Waals surface area contributed by atoms with E-state index < -0.39 is 0 Å². The first kappa shape index (κ1) is 21.7. The molecule has 0 bridgehead atoms. The minimum Gasteiger partial charge on any atom is -0.356 e. The summed E-state index contributed by atoms with van der Waals surface area (Å²) in [4.78, 5) is 0. The van der Waals surface area contributed by atoms with E-state index in [0.717, 1.165) is 11.4 Å². The van der Waals surface area contributed by atoms with Gasteiger partial charge in [-0.15, -0.1) is 0 Å². The highest BCUT2D eigenvalue weighted by Crippen LogP contribution is 2.54. The van der Waals surface area contributed by atoms with Crippen molar-refractivity contribution in [1.29, 1.82) is 0 Å². The third kappa shape index (κ3) is 3.41. The molecule has 0 saturated heterocycles. The second-order valence-electron chi connectivity index (χ2n) is 10.4. The van der Waals surface area contributed by atoms with Crippen LogP contribution in [0.3, 0.4) is 0 Å². The average molecular weight is 477 g/mol. The Bertz CT molecular complexity index is 1740. The molecule has 1 aromatic heterocycles. The van der Waals surface area contributed by atoms with Crippen LogP contribution in [0.5, 0.6) is 0 Å². The molecule has 0 spiro atoms. The summed E-state index contributed by atoms with van der Waals surface area (Å²) in [6, 6.07) is 45.6. The number of nitrogens with zero attached hydrogens (tertiary/aromatic N) is 1. The van der Waals surface area contributed by atoms with Crippen molar-refractivity contribution in [3.8, 4) is 28.1 Å². The molecule has 0 aliphatic heterocycles. The molecule has 1 aliphatic rings. The van der Waals surface area contributed by atoms with Crippen molar-refractivity contribution < 1.29 is 0 Å². The van der Waals surface area contributed by atoms with Gasteiger partial charge in [-0.3, -0.25) is 0 Å². The molecule has 37 heavy (non-hydrogen) atoms. The van der Waals surface area contributed by atoms with Gasteiger partial charge < -0.3 is 9.88 Å². The number of benzene rings is 5. The van der Waals surface area contributed by atoms with Gasteiger partial charge in [0.15, 0.2) is 0 Å². The number of hydrogen-bond donors (Lipinski definition) is 1. The van der Waals surface area contributed by atoms with Gasteiger partial charge in [-0.2, -0.15) is 0 Å². The largest absolute Gasteiger partial charge is 0.356 e. The molecule has 5 aromatic carbocycles. The summed E-state index contributed by atoms with van der Waals surface area (Å²) in [6.07, 6.45) is 0. The Balaban J connectivity index is 1.37. The van der Waals surface area contributed by atoms with Gasteiger partial charge in [0, 0.05) is 33.4 Å². The second-order valence-corrected chi connectivity index (χ2v) is 10.4. The molecule has 0 fully saturated rings. The van der Waals surface area contributed by atoms with Crippen LogP contribution in [0.1, 0.15) is 25.0 Å². The molecule has 2 heteroatoms. The summed E-state index contributed by atoms with van der Waals surface area (Å²) in [7, 11) is 0. The van der Waals surface area contributed by atoms with Crippen molar-refractivity contribution in [3.05, 3.63) is 139 Å². The average Bonchev–Trinajstić information content (AvgIpc) is 3.41. The van der Waals surface area contributed by atoms with E-state index in [-0.39, 0.29) is 5.41 Å². The molecule has 1 N–H and O–H groups in total. The Morgan fingerprint density at radius 2 is 1.22 bits per heavy atom. The lowest BCUT2D eigenvalue weighted by Crippen LogP contribution is -2.14. The molecular weight excluding hydrogens is 448 g/mol. The van der Waals surface area contributed by atoms with Crippen LogP contribution in [0.2, 0.25) is 0 Å². The highest BCUT2D eigenvalue weighted by atomic mass is 15.0. The minimum absolute atomic E-state index is 0.0771. The Morgan fingerprint density at radius 1 is 0.595 bits per heavy atom. The zero-order valence-electron chi connectivity index (χ0n) is 21.1. The number of hydrogen-bond acceptors (Lipinski definition) is 1.